The van der Waals surface area contributed by atoms with E-state index >= 15 is 0 Å². The van der Waals surface area contributed by atoms with Crippen LogP contribution in [-0.2, 0) is 6.42 Å². The van der Waals surface area contributed by atoms with Crippen LogP contribution in [0.2, 0.25) is 0 Å². The van der Waals surface area contributed by atoms with E-state index in [0.717, 1.165) is 37.7 Å². The van der Waals surface area contributed by atoms with E-state index in [1.807, 2.05) is 24.3 Å². The molecule has 1 aliphatic rings. The number of ether oxygens (including phenoxy) is 4. The van der Waals surface area contributed by atoms with Gasteiger partial charge in [0.15, 0.2) is 11.5 Å². The first-order chi connectivity index (χ1) is 15.5. The van der Waals surface area contributed by atoms with Gasteiger partial charge in [-0.1, -0.05) is 19.1 Å². The molecule has 0 saturated heterocycles. The lowest BCUT2D eigenvalue weighted by molar-refractivity contribution is 0.0918. The Bertz CT molecular complexity index is 906. The Labute approximate surface area is 190 Å². The summed E-state index contributed by atoms with van der Waals surface area (Å²) in [4.78, 5) is 13.2. The second kappa shape index (κ2) is 11.1. The molecule has 0 unspecified atom stereocenters. The molecule has 0 aromatic heterocycles. The number of nitrogens with one attached hydrogen (secondary N) is 1. The van der Waals surface area contributed by atoms with E-state index in [-0.39, 0.29) is 11.9 Å². The minimum absolute atomic E-state index is 0.149. The Kier molecular flexibility index (Phi) is 8.22. The molecular formula is C25H34N2O5. The van der Waals surface area contributed by atoms with Gasteiger partial charge in [-0.05, 0) is 62.3 Å². The highest BCUT2D eigenvalue weighted by molar-refractivity contribution is 5.99. The minimum Gasteiger partial charge on any atom is -0.492 e. The maximum Gasteiger partial charge on any atom is 0.255 e. The van der Waals surface area contributed by atoms with Crippen LogP contribution < -0.4 is 30.0 Å². The van der Waals surface area contributed by atoms with Crippen molar-refractivity contribution >= 4 is 5.91 Å². The molecule has 0 bridgehead atoms. The molecule has 2 aromatic carbocycles. The minimum atomic E-state index is -0.217. The molecule has 1 fully saturated rings. The molecule has 0 atom stereocenters. The van der Waals surface area contributed by atoms with Gasteiger partial charge in [0, 0.05) is 12.1 Å². The van der Waals surface area contributed by atoms with Crippen LogP contribution in [-0.4, -0.2) is 39.8 Å². The van der Waals surface area contributed by atoms with Crippen molar-refractivity contribution in [3.05, 3.63) is 41.5 Å². The molecule has 0 aliphatic heterocycles. The number of benzene rings is 2. The Morgan fingerprint density at radius 1 is 0.969 bits per heavy atom. The molecular weight excluding hydrogens is 408 g/mol. The van der Waals surface area contributed by atoms with Gasteiger partial charge in [0.1, 0.15) is 5.75 Å². The molecule has 1 saturated carbocycles. The number of hydrogen-bond donors (Lipinski definition) is 2. The molecule has 7 heteroatoms. The highest BCUT2D eigenvalue weighted by Crippen LogP contribution is 2.48. The highest BCUT2D eigenvalue weighted by atomic mass is 16.5. The normalized spacial score (nSPS) is 18.0. The van der Waals surface area contributed by atoms with Crippen molar-refractivity contribution in [2.75, 3.05) is 27.9 Å². The average Bonchev–Trinajstić information content (AvgIpc) is 2.81. The third kappa shape index (κ3) is 5.46. The van der Waals surface area contributed by atoms with Crippen molar-refractivity contribution in [1.82, 2.24) is 5.32 Å². The smallest absolute Gasteiger partial charge is 0.255 e. The summed E-state index contributed by atoms with van der Waals surface area (Å²) >= 11 is 0. The van der Waals surface area contributed by atoms with Crippen LogP contribution in [0.15, 0.2) is 30.3 Å². The summed E-state index contributed by atoms with van der Waals surface area (Å²) in [5.41, 5.74) is 7.10. The van der Waals surface area contributed by atoms with Crippen LogP contribution in [0.4, 0.5) is 0 Å². The van der Waals surface area contributed by atoms with Gasteiger partial charge in [-0.3, -0.25) is 4.79 Å². The molecule has 2 aromatic rings. The van der Waals surface area contributed by atoms with E-state index in [1.54, 1.807) is 6.07 Å². The maximum absolute atomic E-state index is 13.2. The van der Waals surface area contributed by atoms with E-state index in [0.29, 0.717) is 46.8 Å². The second-order valence-corrected chi connectivity index (χ2v) is 8.24. The number of rotatable bonds is 9. The van der Waals surface area contributed by atoms with E-state index < -0.39 is 0 Å². The first-order valence-electron chi connectivity index (χ1n) is 11.1. The van der Waals surface area contributed by atoms with Crippen molar-refractivity contribution in [2.45, 2.75) is 45.1 Å². The topological polar surface area (TPSA) is 92.0 Å². The molecule has 3 rings (SSSR count). The molecule has 0 spiro atoms. The largest absolute Gasteiger partial charge is 0.492 e. The number of nitrogens with two attached hydrogens (primary N) is 1. The highest BCUT2D eigenvalue weighted by Gasteiger charge is 2.28. The Balaban J connectivity index is 1.93. The van der Waals surface area contributed by atoms with Gasteiger partial charge in [-0.2, -0.15) is 0 Å². The molecule has 1 amide bonds. The Morgan fingerprint density at radius 2 is 1.59 bits per heavy atom. The second-order valence-electron chi connectivity index (χ2n) is 8.24. The first-order valence-corrected chi connectivity index (χ1v) is 11.1. The standard InChI is InChI=1S/C25H34N2O5/c1-16-5-9-18(10-6-16)27-25(28)20-15-21(23(30-3)24(31-4)22(20)29-2)32-19-11-7-17(8-12-19)13-14-26/h7-8,11-12,15-16,18H,5-6,9-10,13-14,26H2,1-4H3,(H,27,28). The van der Waals surface area contributed by atoms with Gasteiger partial charge >= 0.3 is 0 Å². The molecule has 7 nitrogen and oxygen atoms in total. The lowest BCUT2D eigenvalue weighted by atomic mass is 9.87. The van der Waals surface area contributed by atoms with Crippen LogP contribution >= 0.6 is 0 Å². The third-order valence-electron chi connectivity index (χ3n) is 5.95. The number of carbonyl (C=O) groups is 1. The molecule has 0 radical (unpaired) electrons. The SMILES string of the molecule is COc1c(Oc2ccc(CCN)cc2)cc(C(=O)NC2CCC(C)CC2)c(OC)c1OC. The molecule has 3 N–H and O–H groups in total. The van der Waals surface area contributed by atoms with Gasteiger partial charge in [0.2, 0.25) is 11.5 Å². The van der Waals surface area contributed by atoms with Crippen molar-refractivity contribution in [3.63, 3.8) is 0 Å². The van der Waals surface area contributed by atoms with Gasteiger partial charge in [-0.15, -0.1) is 0 Å². The van der Waals surface area contributed by atoms with Crippen LogP contribution in [0.25, 0.3) is 0 Å². The lowest BCUT2D eigenvalue weighted by Crippen LogP contribution is -2.37. The summed E-state index contributed by atoms with van der Waals surface area (Å²) < 4.78 is 22.8. The van der Waals surface area contributed by atoms with Gasteiger partial charge in [0.05, 0.1) is 26.9 Å². The van der Waals surface area contributed by atoms with E-state index in [4.69, 9.17) is 24.7 Å². The van der Waals surface area contributed by atoms with Crippen molar-refractivity contribution in [3.8, 4) is 28.7 Å². The molecule has 32 heavy (non-hydrogen) atoms. The third-order valence-corrected chi connectivity index (χ3v) is 5.95. The zero-order chi connectivity index (χ0) is 23.1. The maximum atomic E-state index is 13.2. The van der Waals surface area contributed by atoms with Crippen molar-refractivity contribution in [2.24, 2.45) is 11.7 Å². The fraction of sp³-hybridized carbons (Fsp3) is 0.480. The monoisotopic (exact) mass is 442 g/mol. The van der Waals surface area contributed by atoms with Crippen molar-refractivity contribution < 1.29 is 23.7 Å². The predicted octanol–water partition coefficient (Wildman–Crippen LogP) is 4.31. The van der Waals surface area contributed by atoms with Crippen LogP contribution in [0.3, 0.4) is 0 Å². The van der Waals surface area contributed by atoms with E-state index in [2.05, 4.69) is 12.2 Å². The summed E-state index contributed by atoms with van der Waals surface area (Å²) in [7, 11) is 4.54. The number of amides is 1. The number of carbonyl (C=O) groups excluding carboxylic acids is 1. The summed E-state index contributed by atoms with van der Waals surface area (Å²) in [5.74, 6) is 2.47. The zero-order valence-corrected chi connectivity index (χ0v) is 19.4. The quantitative estimate of drug-likeness (QED) is 0.601. The molecule has 1 aliphatic carbocycles. The van der Waals surface area contributed by atoms with Crippen LogP contribution in [0, 0.1) is 5.92 Å². The van der Waals surface area contributed by atoms with Gasteiger partial charge in [0.25, 0.3) is 5.91 Å². The van der Waals surface area contributed by atoms with E-state index in [1.165, 1.54) is 21.3 Å². The average molecular weight is 443 g/mol. The number of methoxy groups -OCH3 is 3. The first kappa shape index (κ1) is 23.7. The fourth-order valence-corrected chi connectivity index (χ4v) is 4.11. The summed E-state index contributed by atoms with van der Waals surface area (Å²) in [6.07, 6.45) is 4.97. The van der Waals surface area contributed by atoms with Gasteiger partial charge in [-0.25, -0.2) is 0 Å². The van der Waals surface area contributed by atoms with Crippen LogP contribution in [0.1, 0.15) is 48.5 Å². The summed E-state index contributed by atoms with van der Waals surface area (Å²) in [5, 5.41) is 3.15. The Hall–Kier alpha value is -2.93. The Morgan fingerprint density at radius 3 is 2.16 bits per heavy atom. The summed E-state index contributed by atoms with van der Waals surface area (Å²) in [6.45, 7) is 2.84. The lowest BCUT2D eigenvalue weighted by Gasteiger charge is -2.27. The van der Waals surface area contributed by atoms with Gasteiger partial charge < -0.3 is 30.0 Å². The van der Waals surface area contributed by atoms with E-state index in [9.17, 15) is 4.79 Å². The fourth-order valence-electron chi connectivity index (χ4n) is 4.11. The summed E-state index contributed by atoms with van der Waals surface area (Å²) in [6, 6.07) is 9.46. The predicted molar refractivity (Wildman–Crippen MR) is 124 cm³/mol. The zero-order valence-electron chi connectivity index (χ0n) is 19.4. The molecule has 0 heterocycles. The molecule has 174 valence electrons. The number of hydrogen-bond acceptors (Lipinski definition) is 6. The van der Waals surface area contributed by atoms with Crippen LogP contribution in [0.5, 0.6) is 28.7 Å². The van der Waals surface area contributed by atoms with Crippen molar-refractivity contribution in [1.29, 1.82) is 0 Å².